The summed E-state index contributed by atoms with van der Waals surface area (Å²) < 4.78 is 23.0. The third-order valence-electron chi connectivity index (χ3n) is 5.97. The van der Waals surface area contributed by atoms with Gasteiger partial charge in [0.25, 0.3) is 5.91 Å². The Morgan fingerprint density at radius 1 is 1.12 bits per heavy atom. The largest absolute Gasteiger partial charge is 0.351 e. The van der Waals surface area contributed by atoms with Gasteiger partial charge in [0.1, 0.15) is 9.09 Å². The fourth-order valence-electron chi connectivity index (χ4n) is 4.10. The van der Waals surface area contributed by atoms with Crippen LogP contribution in [0.3, 0.4) is 0 Å². The minimum Gasteiger partial charge on any atom is -0.351 e. The summed E-state index contributed by atoms with van der Waals surface area (Å²) in [5.41, 5.74) is 0. The lowest BCUT2D eigenvalue weighted by Gasteiger charge is -2.31. The summed E-state index contributed by atoms with van der Waals surface area (Å²) in [6.07, 6.45) is 9.48. The Labute approximate surface area is 196 Å². The molecule has 0 saturated heterocycles. The molecule has 4 N–H and O–H groups in total. The van der Waals surface area contributed by atoms with Crippen molar-refractivity contribution in [3.05, 3.63) is 33.1 Å². The molecule has 2 heterocycles. The average Bonchev–Trinajstić information content (AvgIpc) is 3.29. The summed E-state index contributed by atoms with van der Waals surface area (Å²) >= 11 is 2.46. The summed E-state index contributed by atoms with van der Waals surface area (Å²) in [7, 11) is -3.77. The van der Waals surface area contributed by atoms with Crippen molar-refractivity contribution < 1.29 is 18.0 Å². The van der Waals surface area contributed by atoms with Gasteiger partial charge in [-0.15, -0.1) is 22.7 Å². The maximum Gasteiger partial charge on any atom is 0.263 e. The van der Waals surface area contributed by atoms with E-state index in [2.05, 4.69) is 15.6 Å². The van der Waals surface area contributed by atoms with E-state index < -0.39 is 10.0 Å². The molecule has 0 aromatic carbocycles. The van der Waals surface area contributed by atoms with Crippen LogP contribution in [0.4, 0.5) is 0 Å². The molecule has 0 bridgehead atoms. The number of thiophene rings is 1. The number of amides is 2. The Kier molecular flexibility index (Phi) is 7.28. The molecule has 2 aromatic heterocycles. The molecule has 174 valence electrons. The van der Waals surface area contributed by atoms with E-state index in [4.69, 9.17) is 5.14 Å². The summed E-state index contributed by atoms with van der Waals surface area (Å²) in [5, 5.41) is 12.3. The summed E-state index contributed by atoms with van der Waals surface area (Å²) in [6.45, 7) is 0.360. The molecule has 0 aliphatic heterocycles. The number of thiazole rings is 1. The van der Waals surface area contributed by atoms with Crippen LogP contribution in [0.5, 0.6) is 0 Å². The zero-order valence-corrected chi connectivity index (χ0v) is 20.2. The van der Waals surface area contributed by atoms with Gasteiger partial charge in [0.15, 0.2) is 0 Å². The second kappa shape index (κ2) is 9.98. The number of nitrogens with two attached hydrogens (primary N) is 1. The van der Waals surface area contributed by atoms with E-state index in [1.807, 2.05) is 0 Å². The Balaban J connectivity index is 1.36. The van der Waals surface area contributed by atoms with Gasteiger partial charge in [-0.1, -0.05) is 19.3 Å². The number of aromatic nitrogens is 1. The van der Waals surface area contributed by atoms with E-state index in [0.717, 1.165) is 54.9 Å². The summed E-state index contributed by atoms with van der Waals surface area (Å²) in [4.78, 5) is 31.0. The molecule has 4 rings (SSSR count). The van der Waals surface area contributed by atoms with Crippen molar-refractivity contribution in [3.63, 3.8) is 0 Å². The zero-order chi connectivity index (χ0) is 22.7. The number of carbonyl (C=O) groups is 2. The predicted molar refractivity (Wildman–Crippen MR) is 124 cm³/mol. The molecule has 11 heteroatoms. The quantitative estimate of drug-likeness (QED) is 0.491. The van der Waals surface area contributed by atoms with Crippen molar-refractivity contribution in [1.82, 2.24) is 15.6 Å². The number of carbonyl (C=O) groups excluding carboxylic acids is 2. The van der Waals surface area contributed by atoms with Crippen molar-refractivity contribution in [1.29, 1.82) is 0 Å². The van der Waals surface area contributed by atoms with Crippen molar-refractivity contribution in [2.75, 3.05) is 6.54 Å². The Morgan fingerprint density at radius 3 is 2.53 bits per heavy atom. The van der Waals surface area contributed by atoms with Gasteiger partial charge in [-0.25, -0.2) is 18.5 Å². The highest BCUT2D eigenvalue weighted by Gasteiger charge is 2.29. The maximum absolute atomic E-state index is 12.7. The fraction of sp³-hybridized carbons (Fsp3) is 0.571. The maximum atomic E-state index is 12.7. The van der Waals surface area contributed by atoms with Gasteiger partial charge in [-0.05, 0) is 43.7 Å². The average molecular weight is 497 g/mol. The van der Waals surface area contributed by atoms with E-state index in [1.165, 1.54) is 23.8 Å². The third-order valence-corrected chi connectivity index (χ3v) is 9.66. The molecular formula is C21H28N4O4S3. The number of nitrogens with one attached hydrogen (secondary N) is 2. The van der Waals surface area contributed by atoms with Gasteiger partial charge >= 0.3 is 0 Å². The topological polar surface area (TPSA) is 131 Å². The molecule has 2 aliphatic carbocycles. The monoisotopic (exact) mass is 496 g/mol. The lowest BCUT2D eigenvalue weighted by atomic mass is 9.83. The van der Waals surface area contributed by atoms with Gasteiger partial charge in [-0.2, -0.15) is 0 Å². The molecule has 1 atom stereocenters. The molecule has 2 amide bonds. The molecule has 32 heavy (non-hydrogen) atoms. The molecule has 2 fully saturated rings. The Morgan fingerprint density at radius 2 is 1.88 bits per heavy atom. The molecule has 2 aliphatic rings. The first-order valence-electron chi connectivity index (χ1n) is 10.9. The van der Waals surface area contributed by atoms with E-state index >= 15 is 0 Å². The number of primary sulfonamides is 1. The predicted octanol–water partition coefficient (Wildman–Crippen LogP) is 2.77. The van der Waals surface area contributed by atoms with Crippen molar-refractivity contribution in [3.8, 4) is 0 Å². The highest BCUT2D eigenvalue weighted by atomic mass is 32.2. The first-order chi connectivity index (χ1) is 15.3. The van der Waals surface area contributed by atoms with Gasteiger partial charge in [0, 0.05) is 23.4 Å². The van der Waals surface area contributed by atoms with E-state index in [0.29, 0.717) is 28.1 Å². The Hall–Kier alpha value is -1.82. The third kappa shape index (κ3) is 6.15. The zero-order valence-electron chi connectivity index (χ0n) is 17.7. The van der Waals surface area contributed by atoms with Gasteiger partial charge in [0.05, 0.1) is 17.6 Å². The highest BCUT2D eigenvalue weighted by molar-refractivity contribution is 7.91. The second-order valence-electron chi connectivity index (χ2n) is 8.56. The first kappa shape index (κ1) is 23.3. The number of rotatable bonds is 9. The fourth-order valence-corrected chi connectivity index (χ4v) is 6.88. The van der Waals surface area contributed by atoms with Crippen molar-refractivity contribution in [2.24, 2.45) is 11.1 Å². The lowest BCUT2D eigenvalue weighted by Crippen LogP contribution is -2.48. The van der Waals surface area contributed by atoms with Crippen LogP contribution in [0.2, 0.25) is 0 Å². The van der Waals surface area contributed by atoms with Gasteiger partial charge in [0.2, 0.25) is 15.9 Å². The molecule has 0 radical (unpaired) electrons. The molecular weight excluding hydrogens is 468 g/mol. The van der Waals surface area contributed by atoms with Crippen molar-refractivity contribution in [2.45, 2.75) is 67.5 Å². The van der Waals surface area contributed by atoms with Crippen molar-refractivity contribution >= 4 is 44.5 Å². The van der Waals surface area contributed by atoms with Gasteiger partial charge in [-0.3, -0.25) is 9.59 Å². The van der Waals surface area contributed by atoms with Crippen LogP contribution in [0, 0.1) is 5.92 Å². The van der Waals surface area contributed by atoms with Crippen LogP contribution in [0.1, 0.15) is 70.4 Å². The van der Waals surface area contributed by atoms with Gasteiger partial charge < -0.3 is 10.6 Å². The minimum absolute atomic E-state index is 0.0477. The lowest BCUT2D eigenvalue weighted by molar-refractivity contribution is -0.121. The summed E-state index contributed by atoms with van der Waals surface area (Å²) in [5.74, 6) is 0.481. The smallest absolute Gasteiger partial charge is 0.263 e. The second-order valence-corrected chi connectivity index (χ2v) is 12.6. The number of hydrogen-bond acceptors (Lipinski definition) is 7. The molecule has 8 nitrogen and oxygen atoms in total. The standard InChI is InChI=1S/C21H28N4O4S3/c22-32(28,29)19-9-8-15(30-19)10-18(26)25-16(13-4-2-1-3-5-13)11-23-20(27)17-12-24-21(31-17)14-6-7-14/h8-9,12-14,16H,1-7,10-11H2,(H,23,27)(H,25,26)(H2,22,28,29). The molecule has 2 saturated carbocycles. The van der Waals surface area contributed by atoms with Crippen LogP contribution in [0.15, 0.2) is 22.5 Å². The van der Waals surface area contributed by atoms with E-state index in [9.17, 15) is 18.0 Å². The first-order valence-corrected chi connectivity index (χ1v) is 14.1. The number of nitrogens with zero attached hydrogens (tertiary/aromatic N) is 1. The van der Waals surface area contributed by atoms with Crippen LogP contribution in [0.25, 0.3) is 0 Å². The number of hydrogen-bond donors (Lipinski definition) is 3. The molecule has 0 spiro atoms. The van der Waals surface area contributed by atoms with Crippen LogP contribution in [-0.2, 0) is 21.2 Å². The summed E-state index contributed by atoms with van der Waals surface area (Å²) in [6, 6.07) is 2.87. The number of sulfonamides is 1. The Bertz CT molecular complexity index is 1070. The molecule has 2 aromatic rings. The minimum atomic E-state index is -3.77. The SMILES string of the molecule is NS(=O)(=O)c1ccc(CC(=O)NC(CNC(=O)c2cnc(C3CC3)s2)C2CCCCC2)s1. The van der Waals surface area contributed by atoms with Crippen LogP contribution < -0.4 is 15.8 Å². The molecule has 1 unspecified atom stereocenters. The normalized spacial score (nSPS) is 18.3. The highest BCUT2D eigenvalue weighted by Crippen LogP contribution is 2.41. The van der Waals surface area contributed by atoms with E-state index in [1.54, 1.807) is 12.3 Å². The van der Waals surface area contributed by atoms with Crippen LogP contribution in [-0.4, -0.2) is 37.8 Å². The van der Waals surface area contributed by atoms with Crippen LogP contribution >= 0.6 is 22.7 Å². The van der Waals surface area contributed by atoms with E-state index in [-0.39, 0.29) is 28.5 Å².